The molecule has 2 atom stereocenters. The number of rotatable bonds is 4. The number of hydrogen-bond acceptors (Lipinski definition) is 4. The molecule has 1 amide bonds. The van der Waals surface area contributed by atoms with Gasteiger partial charge in [-0.3, -0.25) is 14.5 Å². The maximum atomic E-state index is 12.6. The van der Waals surface area contributed by atoms with Crippen LogP contribution in [0, 0.1) is 0 Å². The molecule has 0 spiro atoms. The van der Waals surface area contributed by atoms with Gasteiger partial charge in [0.2, 0.25) is 5.91 Å². The Morgan fingerprint density at radius 3 is 2.55 bits per heavy atom. The fraction of sp³-hybridized carbons (Fsp3) is 0.867. The van der Waals surface area contributed by atoms with E-state index in [-0.39, 0.29) is 23.8 Å². The summed E-state index contributed by atoms with van der Waals surface area (Å²) in [7, 11) is 0. The summed E-state index contributed by atoms with van der Waals surface area (Å²) in [6.45, 7) is 7.19. The summed E-state index contributed by atoms with van der Waals surface area (Å²) in [5, 5.41) is 0. The Balaban J connectivity index is 1.98. The summed E-state index contributed by atoms with van der Waals surface area (Å²) in [5.74, 6) is 0.400. The fourth-order valence-corrected chi connectivity index (χ4v) is 3.27. The van der Waals surface area contributed by atoms with Crippen LogP contribution in [-0.4, -0.2) is 66.4 Å². The molecule has 2 unspecified atom stereocenters. The topological polar surface area (TPSA) is 49.9 Å². The van der Waals surface area contributed by atoms with Crippen LogP contribution in [0.2, 0.25) is 0 Å². The van der Waals surface area contributed by atoms with Crippen molar-refractivity contribution in [1.82, 2.24) is 9.80 Å². The van der Waals surface area contributed by atoms with Crippen LogP contribution in [0.5, 0.6) is 0 Å². The highest BCUT2D eigenvalue weighted by atomic mass is 16.5. The first-order valence-electron chi connectivity index (χ1n) is 7.71. The Morgan fingerprint density at radius 2 is 1.90 bits per heavy atom. The Morgan fingerprint density at radius 1 is 1.20 bits per heavy atom. The molecule has 2 saturated heterocycles. The maximum Gasteiger partial charge on any atom is 0.239 e. The highest BCUT2D eigenvalue weighted by Crippen LogP contribution is 2.23. The molecular formula is C15H26N2O3. The van der Waals surface area contributed by atoms with Crippen LogP contribution in [-0.2, 0) is 14.3 Å². The van der Waals surface area contributed by atoms with Crippen LogP contribution < -0.4 is 0 Å². The van der Waals surface area contributed by atoms with Crippen LogP contribution in [0.3, 0.4) is 0 Å². The lowest BCUT2D eigenvalue weighted by Gasteiger charge is -2.41. The van der Waals surface area contributed by atoms with Crippen LogP contribution in [0.1, 0.15) is 39.5 Å². The second-order valence-electron chi connectivity index (χ2n) is 5.91. The molecule has 2 aliphatic rings. The Bertz CT molecular complexity index is 353. The largest absolute Gasteiger partial charge is 0.378 e. The molecule has 5 heteroatoms. The smallest absolute Gasteiger partial charge is 0.239 e. The fourth-order valence-electron chi connectivity index (χ4n) is 3.27. The SMILES string of the molecule is CC(=O)CC1CCCCN1C(C)C(=O)N1CCOCC1. The van der Waals surface area contributed by atoms with E-state index in [0.717, 1.165) is 25.8 Å². The summed E-state index contributed by atoms with van der Waals surface area (Å²) in [4.78, 5) is 28.1. The molecule has 5 nitrogen and oxygen atoms in total. The zero-order valence-corrected chi connectivity index (χ0v) is 12.6. The van der Waals surface area contributed by atoms with Crippen molar-refractivity contribution in [1.29, 1.82) is 0 Å². The molecule has 0 aliphatic carbocycles. The van der Waals surface area contributed by atoms with Crippen molar-refractivity contribution in [2.45, 2.75) is 51.6 Å². The van der Waals surface area contributed by atoms with Crippen molar-refractivity contribution in [3.63, 3.8) is 0 Å². The number of nitrogens with zero attached hydrogens (tertiary/aromatic N) is 2. The van der Waals surface area contributed by atoms with E-state index >= 15 is 0 Å². The molecule has 20 heavy (non-hydrogen) atoms. The van der Waals surface area contributed by atoms with Crippen LogP contribution >= 0.6 is 0 Å². The summed E-state index contributed by atoms with van der Waals surface area (Å²) in [6, 6.07) is 0.110. The molecule has 0 N–H and O–H groups in total. The molecule has 2 aliphatic heterocycles. The minimum Gasteiger partial charge on any atom is -0.378 e. The number of Topliss-reactive ketones (excluding diaryl/α,β-unsaturated/α-hetero) is 1. The summed E-state index contributed by atoms with van der Waals surface area (Å²) in [6.07, 6.45) is 3.88. The highest BCUT2D eigenvalue weighted by molar-refractivity contribution is 5.82. The van der Waals surface area contributed by atoms with E-state index in [1.807, 2.05) is 11.8 Å². The quantitative estimate of drug-likeness (QED) is 0.774. The number of carbonyl (C=O) groups is 2. The third kappa shape index (κ3) is 3.79. The number of morpholine rings is 1. The van der Waals surface area contributed by atoms with E-state index < -0.39 is 0 Å². The third-order valence-corrected chi connectivity index (χ3v) is 4.37. The van der Waals surface area contributed by atoms with Crippen molar-refractivity contribution in [3.8, 4) is 0 Å². The highest BCUT2D eigenvalue weighted by Gasteiger charge is 2.33. The zero-order chi connectivity index (χ0) is 14.5. The maximum absolute atomic E-state index is 12.6. The lowest BCUT2D eigenvalue weighted by Crippen LogP contribution is -2.54. The van der Waals surface area contributed by atoms with Gasteiger partial charge in [-0.1, -0.05) is 6.42 Å². The zero-order valence-electron chi connectivity index (χ0n) is 12.6. The first-order valence-corrected chi connectivity index (χ1v) is 7.71. The second kappa shape index (κ2) is 7.18. The number of amides is 1. The van der Waals surface area contributed by atoms with Crippen molar-refractivity contribution < 1.29 is 14.3 Å². The predicted molar refractivity (Wildman–Crippen MR) is 76.5 cm³/mol. The van der Waals surface area contributed by atoms with E-state index in [1.54, 1.807) is 6.92 Å². The lowest BCUT2D eigenvalue weighted by atomic mass is 9.95. The lowest BCUT2D eigenvalue weighted by molar-refractivity contribution is -0.142. The van der Waals surface area contributed by atoms with Gasteiger partial charge in [0.25, 0.3) is 0 Å². The van der Waals surface area contributed by atoms with Crippen LogP contribution in [0.25, 0.3) is 0 Å². The number of ketones is 1. The van der Waals surface area contributed by atoms with Crippen molar-refractivity contribution >= 4 is 11.7 Å². The average molecular weight is 282 g/mol. The minimum absolute atomic E-state index is 0.127. The summed E-state index contributed by atoms with van der Waals surface area (Å²) < 4.78 is 5.30. The number of ether oxygens (including phenoxy) is 1. The third-order valence-electron chi connectivity index (χ3n) is 4.37. The molecular weight excluding hydrogens is 256 g/mol. The normalized spacial score (nSPS) is 26.3. The second-order valence-corrected chi connectivity index (χ2v) is 5.91. The van der Waals surface area contributed by atoms with Crippen molar-refractivity contribution in [2.24, 2.45) is 0 Å². The van der Waals surface area contributed by atoms with Gasteiger partial charge in [0.1, 0.15) is 5.78 Å². The molecule has 0 aromatic carbocycles. The van der Waals surface area contributed by atoms with Gasteiger partial charge in [-0.05, 0) is 33.2 Å². The molecule has 0 aromatic heterocycles. The van der Waals surface area contributed by atoms with Gasteiger partial charge in [0, 0.05) is 25.6 Å². The Labute approximate surface area is 121 Å². The van der Waals surface area contributed by atoms with Crippen LogP contribution in [0.15, 0.2) is 0 Å². The predicted octanol–water partition coefficient (Wildman–Crippen LogP) is 1.07. The van der Waals surface area contributed by atoms with Gasteiger partial charge in [0.05, 0.1) is 19.3 Å². The van der Waals surface area contributed by atoms with E-state index in [4.69, 9.17) is 4.74 Å². The van der Waals surface area contributed by atoms with Gasteiger partial charge in [-0.2, -0.15) is 0 Å². The van der Waals surface area contributed by atoms with Gasteiger partial charge in [0.15, 0.2) is 0 Å². The van der Waals surface area contributed by atoms with E-state index in [1.165, 1.54) is 0 Å². The molecule has 0 bridgehead atoms. The molecule has 2 rings (SSSR count). The van der Waals surface area contributed by atoms with Crippen LogP contribution in [0.4, 0.5) is 0 Å². The number of hydrogen-bond donors (Lipinski definition) is 0. The van der Waals surface area contributed by atoms with Crippen molar-refractivity contribution in [3.05, 3.63) is 0 Å². The molecule has 114 valence electrons. The van der Waals surface area contributed by atoms with E-state index in [9.17, 15) is 9.59 Å². The minimum atomic E-state index is -0.127. The van der Waals surface area contributed by atoms with E-state index in [2.05, 4.69) is 4.90 Å². The van der Waals surface area contributed by atoms with Gasteiger partial charge in [-0.25, -0.2) is 0 Å². The van der Waals surface area contributed by atoms with E-state index in [0.29, 0.717) is 32.7 Å². The summed E-state index contributed by atoms with van der Waals surface area (Å²) >= 11 is 0. The molecule has 2 heterocycles. The number of carbonyl (C=O) groups excluding carboxylic acids is 2. The molecule has 0 saturated carbocycles. The number of likely N-dealkylation sites (tertiary alicyclic amines) is 1. The molecule has 2 fully saturated rings. The van der Waals surface area contributed by atoms with Gasteiger partial charge >= 0.3 is 0 Å². The first kappa shape index (κ1) is 15.4. The number of piperidine rings is 1. The Hall–Kier alpha value is -0.940. The Kier molecular flexibility index (Phi) is 5.54. The van der Waals surface area contributed by atoms with Gasteiger partial charge in [-0.15, -0.1) is 0 Å². The monoisotopic (exact) mass is 282 g/mol. The van der Waals surface area contributed by atoms with Crippen molar-refractivity contribution in [2.75, 3.05) is 32.8 Å². The average Bonchev–Trinajstić information content (AvgIpc) is 2.46. The van der Waals surface area contributed by atoms with Gasteiger partial charge < -0.3 is 9.64 Å². The molecule has 0 radical (unpaired) electrons. The first-order chi connectivity index (χ1) is 9.59. The standard InChI is InChI=1S/C15H26N2O3/c1-12(18)11-14-5-3-4-6-17(14)13(2)15(19)16-7-9-20-10-8-16/h13-14H,3-11H2,1-2H3. The summed E-state index contributed by atoms with van der Waals surface area (Å²) in [5.41, 5.74) is 0. The molecule has 0 aromatic rings.